The molecule has 0 saturated carbocycles. The topological polar surface area (TPSA) is 46.3 Å². The smallest absolute Gasteiger partial charge is 0.223 e. The Morgan fingerprint density at radius 3 is 2.72 bits per heavy atom. The van der Waals surface area contributed by atoms with Crippen LogP contribution in [0.2, 0.25) is 0 Å². The van der Waals surface area contributed by atoms with Gasteiger partial charge in [-0.15, -0.1) is 0 Å². The van der Waals surface area contributed by atoms with Gasteiger partial charge in [0, 0.05) is 24.7 Å². The summed E-state index contributed by atoms with van der Waals surface area (Å²) in [6, 6.07) is 8.17. The first-order valence-electron chi connectivity index (χ1n) is 6.70. The van der Waals surface area contributed by atoms with Gasteiger partial charge in [0.25, 0.3) is 0 Å². The number of hydrogen-bond acceptors (Lipinski definition) is 2. The number of rotatable bonds is 3. The van der Waals surface area contributed by atoms with Crippen molar-refractivity contribution in [2.24, 2.45) is 5.92 Å². The van der Waals surface area contributed by atoms with Crippen LogP contribution in [-0.4, -0.2) is 23.4 Å². The number of nitrogen functional groups attached to an aromatic ring is 1. The van der Waals surface area contributed by atoms with Crippen molar-refractivity contribution in [3.8, 4) is 0 Å². The van der Waals surface area contributed by atoms with Gasteiger partial charge in [-0.05, 0) is 37.3 Å². The maximum Gasteiger partial charge on any atom is 0.223 e. The first kappa shape index (κ1) is 12.9. The largest absolute Gasteiger partial charge is 0.399 e. The average Bonchev–Trinajstić information content (AvgIpc) is 2.67. The quantitative estimate of drug-likeness (QED) is 0.833. The Hall–Kier alpha value is -1.51. The third-order valence-corrected chi connectivity index (χ3v) is 3.77. The van der Waals surface area contributed by atoms with E-state index in [1.54, 1.807) is 0 Å². The minimum absolute atomic E-state index is 0.259. The van der Waals surface area contributed by atoms with Crippen LogP contribution in [0, 0.1) is 5.92 Å². The average molecular weight is 246 g/mol. The molecule has 1 saturated heterocycles. The summed E-state index contributed by atoms with van der Waals surface area (Å²) < 4.78 is 0. The molecule has 0 bridgehead atoms. The maximum atomic E-state index is 12.2. The summed E-state index contributed by atoms with van der Waals surface area (Å²) in [5.74, 6) is 0.890. The van der Waals surface area contributed by atoms with E-state index in [0.29, 0.717) is 18.4 Å². The van der Waals surface area contributed by atoms with Crippen LogP contribution in [0.25, 0.3) is 0 Å². The number of likely N-dealkylation sites (tertiary alicyclic amines) is 1. The molecule has 2 unspecified atom stereocenters. The zero-order chi connectivity index (χ0) is 13.1. The first-order valence-corrected chi connectivity index (χ1v) is 6.70. The van der Waals surface area contributed by atoms with Crippen molar-refractivity contribution in [3.63, 3.8) is 0 Å². The molecule has 3 nitrogen and oxygen atoms in total. The summed E-state index contributed by atoms with van der Waals surface area (Å²) in [4.78, 5) is 14.2. The molecule has 2 atom stereocenters. The van der Waals surface area contributed by atoms with Gasteiger partial charge >= 0.3 is 0 Å². The molecular weight excluding hydrogens is 224 g/mol. The molecule has 1 fully saturated rings. The summed E-state index contributed by atoms with van der Waals surface area (Å²) in [5.41, 5.74) is 7.74. The molecular formula is C15H22N2O. The number of aryl methyl sites for hydroxylation is 1. The number of nitrogens with two attached hydrogens (primary N) is 1. The van der Waals surface area contributed by atoms with Crippen LogP contribution >= 0.6 is 0 Å². The highest BCUT2D eigenvalue weighted by Gasteiger charge is 2.29. The summed E-state index contributed by atoms with van der Waals surface area (Å²) in [6.45, 7) is 5.25. The molecule has 3 heteroatoms. The van der Waals surface area contributed by atoms with Crippen LogP contribution in [0.15, 0.2) is 24.3 Å². The predicted molar refractivity (Wildman–Crippen MR) is 74.1 cm³/mol. The molecule has 1 aromatic rings. The Bertz CT molecular complexity index is 430. The zero-order valence-electron chi connectivity index (χ0n) is 11.2. The molecule has 18 heavy (non-hydrogen) atoms. The lowest BCUT2D eigenvalue weighted by atomic mass is 10.1. The number of hydrogen-bond donors (Lipinski definition) is 1. The number of benzene rings is 1. The minimum atomic E-state index is 0.259. The van der Waals surface area contributed by atoms with E-state index in [0.717, 1.165) is 30.6 Å². The minimum Gasteiger partial charge on any atom is -0.399 e. The summed E-state index contributed by atoms with van der Waals surface area (Å²) in [7, 11) is 0. The van der Waals surface area contributed by atoms with E-state index in [1.807, 2.05) is 29.2 Å². The summed E-state index contributed by atoms with van der Waals surface area (Å²) in [6.07, 6.45) is 2.42. The van der Waals surface area contributed by atoms with E-state index in [-0.39, 0.29) is 5.91 Å². The van der Waals surface area contributed by atoms with Gasteiger partial charge in [-0.2, -0.15) is 0 Å². The van der Waals surface area contributed by atoms with Gasteiger partial charge in [-0.3, -0.25) is 4.79 Å². The number of anilines is 1. The third-order valence-electron chi connectivity index (χ3n) is 3.77. The van der Waals surface area contributed by atoms with Crippen LogP contribution in [0.3, 0.4) is 0 Å². The molecule has 1 aliphatic heterocycles. The third kappa shape index (κ3) is 2.84. The summed E-state index contributed by atoms with van der Waals surface area (Å²) in [5, 5.41) is 0. The Morgan fingerprint density at radius 1 is 1.39 bits per heavy atom. The van der Waals surface area contributed by atoms with Gasteiger partial charge in [-0.1, -0.05) is 25.1 Å². The number of para-hydroxylation sites is 1. The van der Waals surface area contributed by atoms with Gasteiger partial charge in [0.1, 0.15) is 0 Å². The van der Waals surface area contributed by atoms with Crippen LogP contribution < -0.4 is 5.73 Å². The van der Waals surface area contributed by atoms with Crippen LogP contribution in [0.1, 0.15) is 32.3 Å². The normalized spacial score (nSPS) is 23.3. The van der Waals surface area contributed by atoms with E-state index in [4.69, 9.17) is 5.73 Å². The molecule has 1 aliphatic rings. The van der Waals surface area contributed by atoms with Crippen molar-refractivity contribution >= 4 is 11.6 Å². The van der Waals surface area contributed by atoms with Gasteiger partial charge in [-0.25, -0.2) is 0 Å². The fourth-order valence-corrected chi connectivity index (χ4v) is 2.79. The highest BCUT2D eigenvalue weighted by Crippen LogP contribution is 2.23. The SMILES string of the molecule is CC1CC(C)N(C(=O)CCc2ccccc2N)C1. The second kappa shape index (κ2) is 5.42. The van der Waals surface area contributed by atoms with Crippen molar-refractivity contribution in [3.05, 3.63) is 29.8 Å². The van der Waals surface area contributed by atoms with Crippen LogP contribution in [0.4, 0.5) is 5.69 Å². The molecule has 0 radical (unpaired) electrons. The van der Waals surface area contributed by atoms with E-state index < -0.39 is 0 Å². The number of carbonyl (C=O) groups excluding carboxylic acids is 1. The van der Waals surface area contributed by atoms with E-state index in [1.165, 1.54) is 0 Å². The Balaban J connectivity index is 1.91. The molecule has 1 heterocycles. The van der Waals surface area contributed by atoms with E-state index in [2.05, 4.69) is 13.8 Å². The van der Waals surface area contributed by atoms with Crippen molar-refractivity contribution in [1.29, 1.82) is 0 Å². The van der Waals surface area contributed by atoms with Crippen molar-refractivity contribution < 1.29 is 4.79 Å². The van der Waals surface area contributed by atoms with Crippen molar-refractivity contribution in [2.75, 3.05) is 12.3 Å². The number of nitrogens with zero attached hydrogens (tertiary/aromatic N) is 1. The van der Waals surface area contributed by atoms with Crippen molar-refractivity contribution in [2.45, 2.75) is 39.2 Å². The second-order valence-electron chi connectivity index (χ2n) is 5.43. The summed E-state index contributed by atoms with van der Waals surface area (Å²) >= 11 is 0. The highest BCUT2D eigenvalue weighted by atomic mass is 16.2. The fourth-order valence-electron chi connectivity index (χ4n) is 2.79. The Labute approximate surface area is 109 Å². The second-order valence-corrected chi connectivity index (χ2v) is 5.43. The number of carbonyl (C=O) groups is 1. The van der Waals surface area contributed by atoms with Gasteiger partial charge in [0.05, 0.1) is 0 Å². The molecule has 2 rings (SSSR count). The van der Waals surface area contributed by atoms with E-state index in [9.17, 15) is 4.79 Å². The fraction of sp³-hybridized carbons (Fsp3) is 0.533. The molecule has 98 valence electrons. The standard InChI is InChI=1S/C15H22N2O/c1-11-9-12(2)17(10-11)15(18)8-7-13-5-3-4-6-14(13)16/h3-6,11-12H,7-10,16H2,1-2H3. The molecule has 1 aromatic carbocycles. The first-order chi connectivity index (χ1) is 8.58. The molecule has 0 spiro atoms. The molecule has 0 aliphatic carbocycles. The maximum absolute atomic E-state index is 12.2. The van der Waals surface area contributed by atoms with E-state index >= 15 is 0 Å². The Morgan fingerprint density at radius 2 is 2.11 bits per heavy atom. The lowest BCUT2D eigenvalue weighted by Gasteiger charge is -2.21. The Kier molecular flexibility index (Phi) is 3.90. The monoisotopic (exact) mass is 246 g/mol. The predicted octanol–water partition coefficient (Wildman–Crippen LogP) is 2.46. The lowest BCUT2D eigenvalue weighted by Crippen LogP contribution is -2.34. The number of amides is 1. The van der Waals surface area contributed by atoms with Gasteiger partial charge in [0.2, 0.25) is 5.91 Å². The van der Waals surface area contributed by atoms with Crippen LogP contribution in [-0.2, 0) is 11.2 Å². The van der Waals surface area contributed by atoms with Crippen LogP contribution in [0.5, 0.6) is 0 Å². The molecule has 1 amide bonds. The van der Waals surface area contributed by atoms with Crippen molar-refractivity contribution in [1.82, 2.24) is 4.90 Å². The van der Waals surface area contributed by atoms with Gasteiger partial charge in [0.15, 0.2) is 0 Å². The molecule has 0 aromatic heterocycles. The molecule has 2 N–H and O–H groups in total. The highest BCUT2D eigenvalue weighted by molar-refractivity contribution is 5.77. The zero-order valence-corrected chi connectivity index (χ0v) is 11.2. The lowest BCUT2D eigenvalue weighted by molar-refractivity contribution is -0.131. The van der Waals surface area contributed by atoms with Gasteiger partial charge < -0.3 is 10.6 Å².